The number of halogens is 5. The summed E-state index contributed by atoms with van der Waals surface area (Å²) < 4.78 is 59.1. The highest BCUT2D eigenvalue weighted by atomic mass is 32.5. The van der Waals surface area contributed by atoms with Gasteiger partial charge in [-0.2, -0.15) is 0 Å². The van der Waals surface area contributed by atoms with Crippen LogP contribution >= 0.6 is 10.2 Å². The van der Waals surface area contributed by atoms with E-state index in [0.717, 1.165) is 32.1 Å². The fourth-order valence-electron chi connectivity index (χ4n) is 1.33. The number of unbranched alkanes of at least 4 members (excludes halogenated alkanes) is 6. The summed E-state index contributed by atoms with van der Waals surface area (Å²) in [7, 11) is -9.34. The first-order valence-electron chi connectivity index (χ1n) is 5.57. The standard InChI is InChI=1S/C10H19F5OS/c11-17(12,13,14,15)10-8-6-4-2-1-3-5-7-9-16/h8,10,16H,1-7,9H2/b10-8-. The molecule has 0 atom stereocenters. The molecule has 0 amide bonds. The number of aliphatic hydroxyl groups excluding tert-OH is 1. The minimum atomic E-state index is -9.34. The smallest absolute Gasteiger partial charge is 0.304 e. The molecule has 0 aromatic carbocycles. The zero-order valence-electron chi connectivity index (χ0n) is 9.56. The summed E-state index contributed by atoms with van der Waals surface area (Å²) in [5, 5.41) is 7.61. The predicted molar refractivity (Wildman–Crippen MR) is 61.7 cm³/mol. The summed E-state index contributed by atoms with van der Waals surface area (Å²) in [5.74, 6) is 0. The minimum absolute atomic E-state index is 0.0194. The fraction of sp³-hybridized carbons (Fsp3) is 0.800. The molecule has 0 saturated heterocycles. The Bertz CT molecular complexity index is 245. The second-order valence-corrected chi connectivity index (χ2v) is 6.36. The molecule has 0 rings (SSSR count). The summed E-state index contributed by atoms with van der Waals surface area (Å²) in [6.45, 7) is 0.145. The van der Waals surface area contributed by atoms with Crippen LogP contribution < -0.4 is 0 Å². The molecule has 7 heteroatoms. The summed E-state index contributed by atoms with van der Waals surface area (Å²) >= 11 is 0. The molecule has 0 aliphatic heterocycles. The third-order valence-corrected chi connectivity index (χ3v) is 2.84. The van der Waals surface area contributed by atoms with Gasteiger partial charge in [-0.25, -0.2) is 0 Å². The van der Waals surface area contributed by atoms with E-state index >= 15 is 0 Å². The first kappa shape index (κ1) is 16.7. The van der Waals surface area contributed by atoms with Gasteiger partial charge >= 0.3 is 10.2 Å². The van der Waals surface area contributed by atoms with Crippen molar-refractivity contribution in [2.75, 3.05) is 6.61 Å². The van der Waals surface area contributed by atoms with Crippen molar-refractivity contribution in [3.8, 4) is 0 Å². The van der Waals surface area contributed by atoms with E-state index < -0.39 is 15.6 Å². The third kappa shape index (κ3) is 15.7. The number of aliphatic hydroxyl groups is 1. The van der Waals surface area contributed by atoms with Crippen LogP contribution in [-0.2, 0) is 0 Å². The molecule has 0 spiro atoms. The Labute approximate surface area is 98.4 Å². The molecule has 0 unspecified atom stereocenters. The maximum absolute atomic E-state index is 11.8. The van der Waals surface area contributed by atoms with Crippen molar-refractivity contribution < 1.29 is 24.5 Å². The summed E-state index contributed by atoms with van der Waals surface area (Å²) in [6.07, 6.45) is 5.10. The fourth-order valence-corrected chi connectivity index (χ4v) is 1.83. The first-order valence-corrected chi connectivity index (χ1v) is 7.58. The maximum atomic E-state index is 11.8. The first-order chi connectivity index (χ1) is 7.54. The van der Waals surface area contributed by atoms with E-state index in [9.17, 15) is 19.4 Å². The topological polar surface area (TPSA) is 20.2 Å². The second-order valence-electron chi connectivity index (χ2n) is 4.03. The van der Waals surface area contributed by atoms with E-state index in [-0.39, 0.29) is 13.0 Å². The lowest BCUT2D eigenvalue weighted by atomic mass is 10.1. The normalized spacial score (nSPS) is 17.1. The third-order valence-electron chi connectivity index (χ3n) is 2.13. The van der Waals surface area contributed by atoms with Crippen molar-refractivity contribution in [2.45, 2.75) is 44.9 Å². The zero-order valence-corrected chi connectivity index (χ0v) is 10.4. The monoisotopic (exact) mass is 282 g/mol. The van der Waals surface area contributed by atoms with Gasteiger partial charge in [0, 0.05) is 6.61 Å². The number of hydrogen-bond acceptors (Lipinski definition) is 1. The molecular weight excluding hydrogens is 263 g/mol. The van der Waals surface area contributed by atoms with E-state index in [0.29, 0.717) is 12.5 Å². The van der Waals surface area contributed by atoms with Gasteiger partial charge in [0.2, 0.25) is 0 Å². The average Bonchev–Trinajstić information content (AvgIpc) is 2.11. The minimum Gasteiger partial charge on any atom is -0.396 e. The van der Waals surface area contributed by atoms with Crippen LogP contribution in [0.25, 0.3) is 0 Å². The Kier molecular flexibility index (Phi) is 5.46. The molecule has 0 aromatic heterocycles. The van der Waals surface area contributed by atoms with Crippen molar-refractivity contribution in [3.05, 3.63) is 11.5 Å². The number of allylic oxidation sites excluding steroid dienone is 1. The quantitative estimate of drug-likeness (QED) is 0.436. The van der Waals surface area contributed by atoms with E-state index in [2.05, 4.69) is 0 Å². The lowest BCUT2D eigenvalue weighted by molar-refractivity contribution is 0.282. The Morgan fingerprint density at radius 1 is 0.765 bits per heavy atom. The largest absolute Gasteiger partial charge is 0.396 e. The van der Waals surface area contributed by atoms with Gasteiger partial charge in [-0.05, 0) is 19.3 Å². The van der Waals surface area contributed by atoms with Crippen LogP contribution in [0, 0.1) is 0 Å². The van der Waals surface area contributed by atoms with Gasteiger partial charge in [-0.1, -0.05) is 51.2 Å². The molecule has 1 nitrogen and oxygen atoms in total. The van der Waals surface area contributed by atoms with Gasteiger partial charge in [0.05, 0.1) is 5.41 Å². The highest BCUT2D eigenvalue weighted by molar-refractivity contribution is 8.48. The molecule has 17 heavy (non-hydrogen) atoms. The molecule has 0 heterocycles. The van der Waals surface area contributed by atoms with Gasteiger partial charge in [-0.15, -0.1) is 0 Å². The molecule has 0 bridgehead atoms. The van der Waals surface area contributed by atoms with Crippen molar-refractivity contribution >= 4 is 10.2 Å². The SMILES string of the molecule is OCCCCCCCC/C=C\S(F)(F)(F)(F)F. The van der Waals surface area contributed by atoms with Crippen LogP contribution in [0.5, 0.6) is 0 Å². The van der Waals surface area contributed by atoms with Crippen molar-refractivity contribution in [1.82, 2.24) is 0 Å². The highest BCUT2D eigenvalue weighted by Gasteiger charge is 2.60. The van der Waals surface area contributed by atoms with Crippen LogP contribution in [-0.4, -0.2) is 11.7 Å². The van der Waals surface area contributed by atoms with E-state index in [1.54, 1.807) is 0 Å². The van der Waals surface area contributed by atoms with Gasteiger partial charge in [0.25, 0.3) is 0 Å². The lowest BCUT2D eigenvalue weighted by Gasteiger charge is -2.36. The van der Waals surface area contributed by atoms with Gasteiger partial charge in [0.1, 0.15) is 0 Å². The van der Waals surface area contributed by atoms with Crippen LogP contribution in [0.1, 0.15) is 44.9 Å². The van der Waals surface area contributed by atoms with E-state index in [1.807, 2.05) is 0 Å². The second kappa shape index (κ2) is 5.56. The lowest BCUT2D eigenvalue weighted by Crippen LogP contribution is -1.98. The molecule has 0 saturated carbocycles. The average molecular weight is 282 g/mol. The van der Waals surface area contributed by atoms with Crippen molar-refractivity contribution in [3.63, 3.8) is 0 Å². The van der Waals surface area contributed by atoms with Gasteiger partial charge in [0.15, 0.2) is 0 Å². The molecule has 0 aliphatic rings. The van der Waals surface area contributed by atoms with E-state index in [4.69, 9.17) is 5.11 Å². The molecule has 0 radical (unpaired) electrons. The Morgan fingerprint density at radius 3 is 1.71 bits per heavy atom. The molecular formula is C10H19F5OS. The predicted octanol–water partition coefficient (Wildman–Crippen LogP) is 5.52. The van der Waals surface area contributed by atoms with E-state index in [1.165, 1.54) is 0 Å². The van der Waals surface area contributed by atoms with Crippen molar-refractivity contribution in [1.29, 1.82) is 0 Å². The molecule has 0 fully saturated rings. The molecule has 106 valence electrons. The van der Waals surface area contributed by atoms with Crippen LogP contribution in [0.4, 0.5) is 19.4 Å². The Hall–Kier alpha value is -0.300. The maximum Gasteiger partial charge on any atom is 0.304 e. The van der Waals surface area contributed by atoms with Crippen LogP contribution in [0.2, 0.25) is 0 Å². The van der Waals surface area contributed by atoms with Gasteiger partial charge in [-0.3, -0.25) is 0 Å². The Morgan fingerprint density at radius 2 is 1.24 bits per heavy atom. The summed E-state index contributed by atoms with van der Waals surface area (Å²) in [4.78, 5) is 0. The molecule has 0 aromatic rings. The van der Waals surface area contributed by atoms with Crippen molar-refractivity contribution in [2.24, 2.45) is 0 Å². The van der Waals surface area contributed by atoms with Crippen LogP contribution in [0.3, 0.4) is 0 Å². The summed E-state index contributed by atoms with van der Waals surface area (Å²) in [6, 6.07) is 0. The number of rotatable bonds is 9. The number of hydrogen-bond donors (Lipinski definition) is 1. The highest BCUT2D eigenvalue weighted by Crippen LogP contribution is 2.98. The summed E-state index contributed by atoms with van der Waals surface area (Å²) in [5.41, 5.74) is 0. The Balaban J connectivity index is 3.57. The molecule has 1 N–H and O–H groups in total. The zero-order chi connectivity index (χ0) is 13.5. The molecule has 0 aliphatic carbocycles. The van der Waals surface area contributed by atoms with Crippen LogP contribution in [0.15, 0.2) is 11.5 Å². The van der Waals surface area contributed by atoms with Gasteiger partial charge < -0.3 is 5.11 Å².